The maximum Gasteiger partial charge on any atom is 0.271 e. The van der Waals surface area contributed by atoms with Crippen LogP contribution in [0.5, 0.6) is 0 Å². The van der Waals surface area contributed by atoms with E-state index in [0.717, 1.165) is 12.8 Å². The summed E-state index contributed by atoms with van der Waals surface area (Å²) in [6.45, 7) is 1.04. The van der Waals surface area contributed by atoms with Crippen molar-refractivity contribution in [3.63, 3.8) is 0 Å². The lowest BCUT2D eigenvalue weighted by molar-refractivity contribution is 0.0846. The van der Waals surface area contributed by atoms with Gasteiger partial charge in [-0.3, -0.25) is 25.4 Å². The van der Waals surface area contributed by atoms with E-state index in [0.29, 0.717) is 18.7 Å². The Kier molecular flexibility index (Phi) is 5.29. The van der Waals surface area contributed by atoms with E-state index in [1.807, 2.05) is 0 Å². The minimum absolute atomic E-state index is 0.148. The summed E-state index contributed by atoms with van der Waals surface area (Å²) < 4.78 is 26.3. The number of hydrogen-bond acceptors (Lipinski definition) is 5. The van der Waals surface area contributed by atoms with Gasteiger partial charge in [-0.05, 0) is 49.2 Å². The molecule has 2 aromatic rings. The fraction of sp³-hybridized carbons (Fsp3) is 0.235. The Hall–Kier alpha value is -2.78. The maximum atomic E-state index is 12.4. The number of sulfonamides is 1. The van der Waals surface area contributed by atoms with Gasteiger partial charge in [-0.25, -0.2) is 8.42 Å². The predicted molar refractivity (Wildman–Crippen MR) is 93.6 cm³/mol. The van der Waals surface area contributed by atoms with Crippen molar-refractivity contribution in [2.45, 2.75) is 17.7 Å². The summed E-state index contributed by atoms with van der Waals surface area (Å²) in [4.78, 5) is 27.9. The first-order chi connectivity index (χ1) is 12.5. The number of pyridine rings is 1. The molecule has 8 nitrogen and oxygen atoms in total. The van der Waals surface area contributed by atoms with Gasteiger partial charge in [0.25, 0.3) is 11.8 Å². The number of amides is 2. The Bertz CT molecular complexity index is 892. The molecule has 2 heterocycles. The SMILES string of the molecule is O=C(NNC(=O)c1cccnc1)c1ccc(S(=O)(=O)N2CCCC2)cc1. The molecule has 2 amide bonds. The Labute approximate surface area is 151 Å². The number of aromatic nitrogens is 1. The average molecular weight is 374 g/mol. The summed E-state index contributed by atoms with van der Waals surface area (Å²) in [7, 11) is -3.52. The van der Waals surface area contributed by atoms with Gasteiger partial charge in [-0.1, -0.05) is 0 Å². The molecule has 136 valence electrons. The number of benzene rings is 1. The molecule has 1 aromatic carbocycles. The minimum Gasteiger partial charge on any atom is -0.267 e. The fourth-order valence-corrected chi connectivity index (χ4v) is 4.13. The largest absolute Gasteiger partial charge is 0.271 e. The lowest BCUT2D eigenvalue weighted by Gasteiger charge is -2.15. The molecule has 1 fully saturated rings. The minimum atomic E-state index is -3.52. The molecule has 3 rings (SSSR count). The molecule has 0 radical (unpaired) electrons. The van der Waals surface area contributed by atoms with E-state index in [1.165, 1.54) is 41.0 Å². The van der Waals surface area contributed by atoms with E-state index < -0.39 is 21.8 Å². The zero-order valence-corrected chi connectivity index (χ0v) is 14.7. The van der Waals surface area contributed by atoms with Gasteiger partial charge in [0, 0.05) is 31.0 Å². The van der Waals surface area contributed by atoms with Crippen LogP contribution in [-0.4, -0.2) is 42.6 Å². The second-order valence-corrected chi connectivity index (χ2v) is 7.72. The van der Waals surface area contributed by atoms with Crippen molar-refractivity contribution in [2.75, 3.05) is 13.1 Å². The highest BCUT2D eigenvalue weighted by molar-refractivity contribution is 7.89. The first-order valence-corrected chi connectivity index (χ1v) is 9.53. The van der Waals surface area contributed by atoms with Crippen molar-refractivity contribution < 1.29 is 18.0 Å². The third-order valence-electron chi connectivity index (χ3n) is 4.03. The van der Waals surface area contributed by atoms with Crippen LogP contribution < -0.4 is 10.9 Å². The van der Waals surface area contributed by atoms with Crippen LogP contribution in [-0.2, 0) is 10.0 Å². The van der Waals surface area contributed by atoms with Gasteiger partial charge in [-0.15, -0.1) is 0 Å². The van der Waals surface area contributed by atoms with Gasteiger partial charge in [0.05, 0.1) is 10.5 Å². The smallest absolute Gasteiger partial charge is 0.267 e. The summed E-state index contributed by atoms with van der Waals surface area (Å²) in [6.07, 6.45) is 4.62. The molecule has 1 aliphatic heterocycles. The van der Waals surface area contributed by atoms with Gasteiger partial charge < -0.3 is 0 Å². The van der Waals surface area contributed by atoms with E-state index in [4.69, 9.17) is 0 Å². The molecule has 0 bridgehead atoms. The molecule has 1 aliphatic rings. The maximum absolute atomic E-state index is 12.4. The number of hydrazine groups is 1. The first kappa shape index (κ1) is 18.0. The highest BCUT2D eigenvalue weighted by Gasteiger charge is 2.27. The van der Waals surface area contributed by atoms with Crippen molar-refractivity contribution >= 4 is 21.8 Å². The fourth-order valence-electron chi connectivity index (χ4n) is 2.61. The molecular formula is C17H18N4O4S. The Balaban J connectivity index is 1.63. The third-order valence-corrected chi connectivity index (χ3v) is 5.95. The van der Waals surface area contributed by atoms with Gasteiger partial charge in [-0.2, -0.15) is 4.31 Å². The molecule has 0 atom stereocenters. The van der Waals surface area contributed by atoms with Crippen molar-refractivity contribution in [2.24, 2.45) is 0 Å². The van der Waals surface area contributed by atoms with Crippen LogP contribution in [0.25, 0.3) is 0 Å². The van der Waals surface area contributed by atoms with Crippen LogP contribution in [0, 0.1) is 0 Å². The summed E-state index contributed by atoms with van der Waals surface area (Å²) in [5, 5.41) is 0. The molecule has 0 unspecified atom stereocenters. The number of carbonyl (C=O) groups excluding carboxylic acids is 2. The van der Waals surface area contributed by atoms with Gasteiger partial charge >= 0.3 is 0 Å². The summed E-state index contributed by atoms with van der Waals surface area (Å²) >= 11 is 0. The monoisotopic (exact) mass is 374 g/mol. The van der Waals surface area contributed by atoms with Crippen molar-refractivity contribution in [3.05, 3.63) is 59.9 Å². The Morgan fingerprint density at radius 2 is 1.54 bits per heavy atom. The van der Waals surface area contributed by atoms with Crippen molar-refractivity contribution in [3.8, 4) is 0 Å². The second kappa shape index (κ2) is 7.63. The number of hydrogen-bond donors (Lipinski definition) is 2. The normalized spacial score (nSPS) is 14.8. The first-order valence-electron chi connectivity index (χ1n) is 8.09. The summed E-state index contributed by atoms with van der Waals surface area (Å²) in [5.41, 5.74) is 5.10. The average Bonchev–Trinajstić information content (AvgIpc) is 3.22. The summed E-state index contributed by atoms with van der Waals surface area (Å²) in [5.74, 6) is -1.05. The molecule has 0 saturated carbocycles. The van der Waals surface area contributed by atoms with Gasteiger partial charge in [0.1, 0.15) is 0 Å². The Morgan fingerprint density at radius 3 is 2.12 bits per heavy atom. The zero-order valence-electron chi connectivity index (χ0n) is 13.9. The molecule has 1 saturated heterocycles. The van der Waals surface area contributed by atoms with Crippen LogP contribution in [0.4, 0.5) is 0 Å². The van der Waals surface area contributed by atoms with Crippen LogP contribution in [0.15, 0.2) is 53.7 Å². The predicted octanol–water partition coefficient (Wildman–Crippen LogP) is 0.941. The zero-order chi connectivity index (χ0) is 18.6. The van der Waals surface area contributed by atoms with E-state index in [2.05, 4.69) is 15.8 Å². The van der Waals surface area contributed by atoms with Crippen LogP contribution in [0.2, 0.25) is 0 Å². The highest BCUT2D eigenvalue weighted by Crippen LogP contribution is 2.21. The third kappa shape index (κ3) is 3.89. The number of rotatable bonds is 4. The quantitative estimate of drug-likeness (QED) is 0.775. The summed E-state index contributed by atoms with van der Waals surface area (Å²) in [6, 6.07) is 8.78. The molecule has 2 N–H and O–H groups in total. The highest BCUT2D eigenvalue weighted by atomic mass is 32.2. The van der Waals surface area contributed by atoms with Crippen LogP contribution >= 0.6 is 0 Å². The van der Waals surface area contributed by atoms with Crippen molar-refractivity contribution in [1.29, 1.82) is 0 Å². The standard InChI is InChI=1S/C17H18N4O4S/c22-16(19-20-17(23)14-4-3-9-18-12-14)13-5-7-15(8-6-13)26(24,25)21-10-1-2-11-21/h3-9,12H,1-2,10-11H2,(H,19,22)(H,20,23). The van der Waals surface area contributed by atoms with E-state index in [1.54, 1.807) is 12.1 Å². The van der Waals surface area contributed by atoms with E-state index in [9.17, 15) is 18.0 Å². The van der Waals surface area contributed by atoms with E-state index >= 15 is 0 Å². The topological polar surface area (TPSA) is 108 Å². The number of nitrogens with zero attached hydrogens (tertiary/aromatic N) is 2. The van der Waals surface area contributed by atoms with Gasteiger partial charge in [0.15, 0.2) is 0 Å². The van der Waals surface area contributed by atoms with Crippen molar-refractivity contribution in [1.82, 2.24) is 20.1 Å². The lowest BCUT2D eigenvalue weighted by Crippen LogP contribution is -2.41. The molecular weight excluding hydrogens is 356 g/mol. The van der Waals surface area contributed by atoms with Crippen LogP contribution in [0.1, 0.15) is 33.6 Å². The number of nitrogens with one attached hydrogen (secondary N) is 2. The lowest BCUT2D eigenvalue weighted by atomic mass is 10.2. The molecule has 0 spiro atoms. The van der Waals surface area contributed by atoms with Crippen LogP contribution in [0.3, 0.4) is 0 Å². The number of carbonyl (C=O) groups is 2. The van der Waals surface area contributed by atoms with Gasteiger partial charge in [0.2, 0.25) is 10.0 Å². The molecule has 9 heteroatoms. The second-order valence-electron chi connectivity index (χ2n) is 5.79. The van der Waals surface area contributed by atoms with E-state index in [-0.39, 0.29) is 10.5 Å². The molecule has 26 heavy (non-hydrogen) atoms. The molecule has 0 aliphatic carbocycles. The molecule has 1 aromatic heterocycles. The Morgan fingerprint density at radius 1 is 0.923 bits per heavy atom.